The summed E-state index contributed by atoms with van der Waals surface area (Å²) >= 11 is 0. The number of benzene rings is 1. The fourth-order valence-electron chi connectivity index (χ4n) is 2.42. The molecular formula is C13H22Cl2N2O. The van der Waals surface area contributed by atoms with Gasteiger partial charge in [0.2, 0.25) is 0 Å². The monoisotopic (exact) mass is 292 g/mol. The third kappa shape index (κ3) is 2.53. The van der Waals surface area contributed by atoms with Crippen molar-refractivity contribution in [2.75, 3.05) is 5.73 Å². The Morgan fingerprint density at radius 2 is 1.72 bits per heavy atom. The largest absolute Gasteiger partial charge is 0.487 e. The summed E-state index contributed by atoms with van der Waals surface area (Å²) in [4.78, 5) is 0. The van der Waals surface area contributed by atoms with Crippen molar-refractivity contribution in [3.8, 4) is 5.75 Å². The number of fused-ring (bicyclic) bond motifs is 1. The summed E-state index contributed by atoms with van der Waals surface area (Å²) in [6, 6.07) is 0. The van der Waals surface area contributed by atoms with Gasteiger partial charge in [-0.15, -0.1) is 24.8 Å². The van der Waals surface area contributed by atoms with Gasteiger partial charge in [-0.25, -0.2) is 0 Å². The minimum atomic E-state index is -0.142. The quantitative estimate of drug-likeness (QED) is 0.783. The van der Waals surface area contributed by atoms with Crippen LogP contribution in [-0.4, -0.2) is 5.60 Å². The Morgan fingerprint density at radius 1 is 1.17 bits per heavy atom. The molecule has 0 aromatic heterocycles. The molecular weight excluding hydrogens is 271 g/mol. The maximum Gasteiger partial charge on any atom is 0.127 e. The molecule has 1 aromatic carbocycles. The summed E-state index contributed by atoms with van der Waals surface area (Å²) in [7, 11) is 0. The van der Waals surface area contributed by atoms with Crippen LogP contribution < -0.4 is 16.2 Å². The van der Waals surface area contributed by atoms with Gasteiger partial charge in [-0.3, -0.25) is 0 Å². The van der Waals surface area contributed by atoms with Gasteiger partial charge in [0, 0.05) is 24.2 Å². The number of hydrogen-bond donors (Lipinski definition) is 2. The lowest BCUT2D eigenvalue weighted by Crippen LogP contribution is -2.25. The second-order valence-corrected chi connectivity index (χ2v) is 5.19. The first-order valence-electron chi connectivity index (χ1n) is 5.67. The van der Waals surface area contributed by atoms with Gasteiger partial charge in [0.15, 0.2) is 0 Å². The van der Waals surface area contributed by atoms with Crippen LogP contribution in [0, 0.1) is 13.8 Å². The van der Waals surface area contributed by atoms with E-state index in [2.05, 4.69) is 20.8 Å². The molecule has 0 unspecified atom stereocenters. The summed E-state index contributed by atoms with van der Waals surface area (Å²) in [6.45, 7) is 8.76. The zero-order chi connectivity index (χ0) is 12.1. The molecule has 0 saturated carbocycles. The minimum absolute atomic E-state index is 0. The van der Waals surface area contributed by atoms with E-state index in [1.807, 2.05) is 6.92 Å². The summed E-state index contributed by atoms with van der Waals surface area (Å²) in [6.07, 6.45) is 0.889. The van der Waals surface area contributed by atoms with E-state index in [0.717, 1.165) is 34.5 Å². The number of rotatable bonds is 1. The molecule has 4 N–H and O–H groups in total. The van der Waals surface area contributed by atoms with Crippen molar-refractivity contribution in [2.45, 2.75) is 46.3 Å². The van der Waals surface area contributed by atoms with Gasteiger partial charge in [-0.2, -0.15) is 0 Å². The summed E-state index contributed by atoms with van der Waals surface area (Å²) < 4.78 is 5.99. The lowest BCUT2D eigenvalue weighted by Gasteiger charge is -2.18. The van der Waals surface area contributed by atoms with Crippen LogP contribution in [0.2, 0.25) is 0 Å². The Balaban J connectivity index is 0.00000144. The van der Waals surface area contributed by atoms with Crippen molar-refractivity contribution < 1.29 is 4.74 Å². The average molecular weight is 293 g/mol. The Hall–Kier alpha value is -0.640. The molecule has 104 valence electrons. The molecule has 0 aliphatic carbocycles. The molecule has 2 rings (SSSR count). The predicted molar refractivity (Wildman–Crippen MR) is 81.1 cm³/mol. The van der Waals surface area contributed by atoms with Crippen LogP contribution in [0.25, 0.3) is 0 Å². The molecule has 0 bridgehead atoms. The molecule has 1 aromatic rings. The van der Waals surface area contributed by atoms with E-state index in [-0.39, 0.29) is 30.4 Å². The highest BCUT2D eigenvalue weighted by molar-refractivity contribution is 5.85. The third-order valence-corrected chi connectivity index (χ3v) is 3.46. The second kappa shape index (κ2) is 5.55. The van der Waals surface area contributed by atoms with Gasteiger partial charge in [0.25, 0.3) is 0 Å². The minimum Gasteiger partial charge on any atom is -0.487 e. The highest BCUT2D eigenvalue weighted by atomic mass is 35.5. The molecule has 1 aliphatic heterocycles. The zero-order valence-corrected chi connectivity index (χ0v) is 12.9. The Bertz CT molecular complexity index is 459. The summed E-state index contributed by atoms with van der Waals surface area (Å²) in [5, 5.41) is 0. The van der Waals surface area contributed by atoms with Gasteiger partial charge in [0.1, 0.15) is 11.4 Å². The van der Waals surface area contributed by atoms with Crippen LogP contribution in [0.3, 0.4) is 0 Å². The van der Waals surface area contributed by atoms with E-state index in [0.29, 0.717) is 6.54 Å². The van der Waals surface area contributed by atoms with E-state index in [4.69, 9.17) is 16.2 Å². The van der Waals surface area contributed by atoms with Gasteiger partial charge in [-0.05, 0) is 44.4 Å². The first-order chi connectivity index (χ1) is 7.37. The molecule has 5 heteroatoms. The second-order valence-electron chi connectivity index (χ2n) is 5.19. The lowest BCUT2D eigenvalue weighted by molar-refractivity contribution is 0.137. The van der Waals surface area contributed by atoms with Crippen LogP contribution in [0.15, 0.2) is 0 Å². The van der Waals surface area contributed by atoms with Gasteiger partial charge < -0.3 is 16.2 Å². The highest BCUT2D eigenvalue weighted by Gasteiger charge is 2.34. The molecule has 0 saturated heterocycles. The summed E-state index contributed by atoms with van der Waals surface area (Å²) in [5.41, 5.74) is 17.1. The molecule has 1 heterocycles. The SMILES string of the molecule is Cc1c(C)c2c(c(CN)c1N)CC(C)(C)O2.Cl.Cl. The molecule has 18 heavy (non-hydrogen) atoms. The predicted octanol–water partition coefficient (Wildman–Crippen LogP) is 2.90. The van der Waals surface area contributed by atoms with Crippen molar-refractivity contribution in [1.29, 1.82) is 0 Å². The van der Waals surface area contributed by atoms with Crippen molar-refractivity contribution in [3.63, 3.8) is 0 Å². The molecule has 0 radical (unpaired) electrons. The van der Waals surface area contributed by atoms with Crippen molar-refractivity contribution in [1.82, 2.24) is 0 Å². The molecule has 0 atom stereocenters. The normalized spacial score (nSPS) is 15.2. The number of nitrogens with two attached hydrogens (primary N) is 2. The van der Waals surface area contributed by atoms with Crippen molar-refractivity contribution >= 4 is 30.5 Å². The molecule has 0 amide bonds. The van der Waals surface area contributed by atoms with E-state index in [1.54, 1.807) is 0 Å². The molecule has 1 aliphatic rings. The Morgan fingerprint density at radius 3 is 2.22 bits per heavy atom. The number of nitrogen functional groups attached to an aromatic ring is 1. The number of ether oxygens (including phenoxy) is 1. The molecule has 0 fully saturated rings. The molecule has 0 spiro atoms. The topological polar surface area (TPSA) is 61.3 Å². The van der Waals surface area contributed by atoms with E-state index in [1.165, 1.54) is 5.56 Å². The summed E-state index contributed by atoms with van der Waals surface area (Å²) in [5.74, 6) is 0.997. The fraction of sp³-hybridized carbons (Fsp3) is 0.538. The van der Waals surface area contributed by atoms with Gasteiger partial charge in [0.05, 0.1) is 0 Å². The van der Waals surface area contributed by atoms with E-state index >= 15 is 0 Å². The lowest BCUT2D eigenvalue weighted by atomic mass is 9.92. The Kier molecular flexibility index (Phi) is 5.36. The van der Waals surface area contributed by atoms with E-state index < -0.39 is 0 Å². The number of anilines is 1. The number of hydrogen-bond acceptors (Lipinski definition) is 3. The maximum atomic E-state index is 6.12. The van der Waals surface area contributed by atoms with Crippen LogP contribution in [0.5, 0.6) is 5.75 Å². The van der Waals surface area contributed by atoms with Crippen LogP contribution >= 0.6 is 24.8 Å². The highest BCUT2D eigenvalue weighted by Crippen LogP contribution is 2.43. The first-order valence-corrected chi connectivity index (χ1v) is 5.67. The third-order valence-electron chi connectivity index (χ3n) is 3.46. The van der Waals surface area contributed by atoms with E-state index in [9.17, 15) is 0 Å². The van der Waals surface area contributed by atoms with Gasteiger partial charge >= 0.3 is 0 Å². The zero-order valence-electron chi connectivity index (χ0n) is 11.3. The Labute approximate surface area is 121 Å². The van der Waals surface area contributed by atoms with Crippen LogP contribution in [0.4, 0.5) is 5.69 Å². The van der Waals surface area contributed by atoms with Crippen LogP contribution in [0.1, 0.15) is 36.1 Å². The van der Waals surface area contributed by atoms with Gasteiger partial charge in [-0.1, -0.05) is 0 Å². The fourth-order valence-corrected chi connectivity index (χ4v) is 2.42. The van der Waals surface area contributed by atoms with Crippen molar-refractivity contribution in [2.24, 2.45) is 5.73 Å². The number of halogens is 2. The van der Waals surface area contributed by atoms with Crippen LogP contribution in [-0.2, 0) is 13.0 Å². The smallest absolute Gasteiger partial charge is 0.127 e. The first kappa shape index (κ1) is 17.4. The molecule has 3 nitrogen and oxygen atoms in total. The van der Waals surface area contributed by atoms with Crippen molar-refractivity contribution in [3.05, 3.63) is 22.3 Å². The average Bonchev–Trinajstić information content (AvgIpc) is 2.52. The maximum absolute atomic E-state index is 6.12. The standard InChI is InChI=1S/C13H20N2O.2ClH/c1-7-8(2)12-9(5-13(3,4)16-12)10(6-14)11(7)15;;/h5-6,14-15H2,1-4H3;2*1H.